The van der Waals surface area contributed by atoms with E-state index >= 15 is 0 Å². The smallest absolute Gasteiger partial charge is 0.335 e. The molecular weight excluding hydrogens is 310 g/mol. The van der Waals surface area contributed by atoms with E-state index in [1.54, 1.807) is 24.3 Å². The summed E-state index contributed by atoms with van der Waals surface area (Å²) in [5, 5.41) is 20.2. The van der Waals surface area contributed by atoms with Gasteiger partial charge >= 0.3 is 11.7 Å². The number of nitrogens with zero attached hydrogens (tertiary/aromatic N) is 1. The van der Waals surface area contributed by atoms with E-state index in [4.69, 9.17) is 9.84 Å². The lowest BCUT2D eigenvalue weighted by atomic mass is 10.0. The highest BCUT2D eigenvalue weighted by atomic mass is 16.6. The van der Waals surface area contributed by atoms with Crippen LogP contribution in [-0.4, -0.2) is 22.6 Å². The SMILES string of the molecule is CCCCCOc1ccc(-c2ccc(C(=O)O)cc2)cc1[N+](=O)[O-]. The standard InChI is InChI=1S/C18H19NO5/c1-2-3-4-11-24-17-10-9-15(12-16(17)19(22)23)13-5-7-14(8-6-13)18(20)21/h5-10,12H,2-4,11H2,1H3,(H,20,21). The minimum Gasteiger partial charge on any atom is -0.487 e. The van der Waals surface area contributed by atoms with Gasteiger partial charge in [-0.1, -0.05) is 38.0 Å². The van der Waals surface area contributed by atoms with Crippen LogP contribution in [0, 0.1) is 10.1 Å². The Bertz CT molecular complexity index is 725. The third-order valence-electron chi connectivity index (χ3n) is 3.63. The normalized spacial score (nSPS) is 10.4. The first-order valence-electron chi connectivity index (χ1n) is 7.78. The van der Waals surface area contributed by atoms with Crippen molar-refractivity contribution < 1.29 is 19.6 Å². The molecule has 0 heterocycles. The molecule has 0 unspecified atom stereocenters. The van der Waals surface area contributed by atoms with E-state index < -0.39 is 10.9 Å². The molecule has 0 bridgehead atoms. The molecule has 0 amide bonds. The third-order valence-corrected chi connectivity index (χ3v) is 3.63. The number of hydrogen-bond donors (Lipinski definition) is 1. The van der Waals surface area contributed by atoms with E-state index in [1.165, 1.54) is 18.2 Å². The zero-order valence-electron chi connectivity index (χ0n) is 13.4. The van der Waals surface area contributed by atoms with Gasteiger partial charge in [-0.2, -0.15) is 0 Å². The number of carboxylic acid groups (broad SMARTS) is 1. The van der Waals surface area contributed by atoms with Gasteiger partial charge in [-0.15, -0.1) is 0 Å². The van der Waals surface area contributed by atoms with Crippen molar-refractivity contribution in [2.75, 3.05) is 6.61 Å². The summed E-state index contributed by atoms with van der Waals surface area (Å²) in [7, 11) is 0. The molecule has 0 aliphatic rings. The lowest BCUT2D eigenvalue weighted by Crippen LogP contribution is -2.01. The van der Waals surface area contributed by atoms with Gasteiger partial charge in [0.15, 0.2) is 5.75 Å². The van der Waals surface area contributed by atoms with Gasteiger partial charge in [0.2, 0.25) is 0 Å². The molecule has 2 aromatic rings. The minimum absolute atomic E-state index is 0.0914. The molecular formula is C18H19NO5. The van der Waals surface area contributed by atoms with Crippen molar-refractivity contribution in [1.82, 2.24) is 0 Å². The average molecular weight is 329 g/mol. The molecule has 0 aromatic heterocycles. The van der Waals surface area contributed by atoms with Crippen molar-refractivity contribution in [3.63, 3.8) is 0 Å². The molecule has 24 heavy (non-hydrogen) atoms. The summed E-state index contributed by atoms with van der Waals surface area (Å²) in [4.78, 5) is 21.7. The summed E-state index contributed by atoms with van der Waals surface area (Å²) in [5.74, 6) is -0.759. The lowest BCUT2D eigenvalue weighted by Gasteiger charge is -2.08. The fourth-order valence-corrected chi connectivity index (χ4v) is 2.30. The van der Waals surface area contributed by atoms with Gasteiger partial charge in [0.05, 0.1) is 17.1 Å². The van der Waals surface area contributed by atoms with Crippen LogP contribution in [-0.2, 0) is 0 Å². The fourth-order valence-electron chi connectivity index (χ4n) is 2.30. The summed E-state index contributed by atoms with van der Waals surface area (Å²) in [6, 6.07) is 11.0. The molecule has 0 fully saturated rings. The van der Waals surface area contributed by atoms with Crippen molar-refractivity contribution in [1.29, 1.82) is 0 Å². The number of hydrogen-bond acceptors (Lipinski definition) is 4. The zero-order chi connectivity index (χ0) is 17.5. The monoisotopic (exact) mass is 329 g/mol. The molecule has 2 rings (SSSR count). The highest BCUT2D eigenvalue weighted by Crippen LogP contribution is 2.32. The number of aromatic carboxylic acids is 1. The second-order valence-electron chi connectivity index (χ2n) is 5.38. The molecule has 0 spiro atoms. The number of nitro groups is 1. The first-order valence-corrected chi connectivity index (χ1v) is 7.78. The largest absolute Gasteiger partial charge is 0.487 e. The van der Waals surface area contributed by atoms with Crippen LogP contribution in [0.1, 0.15) is 36.5 Å². The first kappa shape index (κ1) is 17.5. The van der Waals surface area contributed by atoms with Crippen LogP contribution in [0.4, 0.5) is 5.69 Å². The maximum absolute atomic E-state index is 11.3. The number of ether oxygens (including phenoxy) is 1. The maximum atomic E-state index is 11.3. The molecule has 1 N–H and O–H groups in total. The number of rotatable bonds is 8. The number of benzene rings is 2. The Morgan fingerprint density at radius 1 is 1.12 bits per heavy atom. The summed E-state index contributed by atoms with van der Waals surface area (Å²) >= 11 is 0. The van der Waals surface area contributed by atoms with E-state index in [1.807, 2.05) is 0 Å². The molecule has 6 heteroatoms. The second kappa shape index (κ2) is 8.10. The Labute approximate surface area is 139 Å². The van der Waals surface area contributed by atoms with Crippen molar-refractivity contribution in [3.8, 4) is 16.9 Å². The molecule has 0 aliphatic heterocycles. The lowest BCUT2D eigenvalue weighted by molar-refractivity contribution is -0.385. The molecule has 0 saturated carbocycles. The van der Waals surface area contributed by atoms with Crippen LogP contribution >= 0.6 is 0 Å². The molecule has 0 aliphatic carbocycles. The van der Waals surface area contributed by atoms with E-state index in [0.717, 1.165) is 19.3 Å². The van der Waals surface area contributed by atoms with E-state index in [9.17, 15) is 14.9 Å². The maximum Gasteiger partial charge on any atom is 0.335 e. The van der Waals surface area contributed by atoms with Crippen molar-refractivity contribution in [2.24, 2.45) is 0 Å². The van der Waals surface area contributed by atoms with Crippen LogP contribution in [0.15, 0.2) is 42.5 Å². The van der Waals surface area contributed by atoms with Crippen LogP contribution in [0.25, 0.3) is 11.1 Å². The quantitative estimate of drug-likeness (QED) is 0.436. The van der Waals surface area contributed by atoms with E-state index in [2.05, 4.69) is 6.92 Å². The van der Waals surface area contributed by atoms with Gasteiger partial charge in [0.1, 0.15) is 0 Å². The Morgan fingerprint density at radius 2 is 1.79 bits per heavy atom. The summed E-state index contributed by atoms with van der Waals surface area (Å²) in [5.41, 5.74) is 1.43. The highest BCUT2D eigenvalue weighted by Gasteiger charge is 2.16. The number of carbonyl (C=O) groups is 1. The van der Waals surface area contributed by atoms with Crippen LogP contribution in [0.2, 0.25) is 0 Å². The van der Waals surface area contributed by atoms with Gasteiger partial charge in [0, 0.05) is 6.07 Å². The number of carboxylic acids is 1. The molecule has 0 saturated heterocycles. The number of nitro benzene ring substituents is 1. The Kier molecular flexibility index (Phi) is 5.89. The van der Waals surface area contributed by atoms with Crippen LogP contribution in [0.3, 0.4) is 0 Å². The summed E-state index contributed by atoms with van der Waals surface area (Å²) < 4.78 is 5.52. The zero-order valence-corrected chi connectivity index (χ0v) is 13.4. The van der Waals surface area contributed by atoms with Gasteiger partial charge in [-0.25, -0.2) is 4.79 Å². The van der Waals surface area contributed by atoms with E-state index in [0.29, 0.717) is 17.7 Å². The van der Waals surface area contributed by atoms with Gasteiger partial charge in [-0.3, -0.25) is 10.1 Å². The first-order chi connectivity index (χ1) is 11.5. The Hall–Kier alpha value is -2.89. The molecule has 6 nitrogen and oxygen atoms in total. The van der Waals surface area contributed by atoms with Crippen molar-refractivity contribution in [3.05, 3.63) is 58.1 Å². The van der Waals surface area contributed by atoms with Gasteiger partial charge in [-0.05, 0) is 35.7 Å². The van der Waals surface area contributed by atoms with Crippen molar-refractivity contribution in [2.45, 2.75) is 26.2 Å². The summed E-state index contributed by atoms with van der Waals surface area (Å²) in [6.45, 7) is 2.52. The van der Waals surface area contributed by atoms with Gasteiger partial charge in [0.25, 0.3) is 0 Å². The number of unbranched alkanes of at least 4 members (excludes halogenated alkanes) is 2. The van der Waals surface area contributed by atoms with Gasteiger partial charge < -0.3 is 9.84 Å². The minimum atomic E-state index is -1.01. The van der Waals surface area contributed by atoms with Crippen LogP contribution < -0.4 is 4.74 Å². The topological polar surface area (TPSA) is 89.7 Å². The highest BCUT2D eigenvalue weighted by molar-refractivity contribution is 5.88. The molecule has 2 aromatic carbocycles. The third kappa shape index (κ3) is 4.32. The van der Waals surface area contributed by atoms with Crippen molar-refractivity contribution >= 4 is 11.7 Å². The predicted molar refractivity (Wildman–Crippen MR) is 90.5 cm³/mol. The fraction of sp³-hybridized carbons (Fsp3) is 0.278. The second-order valence-corrected chi connectivity index (χ2v) is 5.38. The predicted octanol–water partition coefficient (Wildman–Crippen LogP) is 4.53. The Balaban J connectivity index is 2.24. The molecule has 0 atom stereocenters. The molecule has 126 valence electrons. The average Bonchev–Trinajstić information content (AvgIpc) is 2.58. The Morgan fingerprint density at radius 3 is 2.38 bits per heavy atom. The molecule has 0 radical (unpaired) electrons. The van der Waals surface area contributed by atoms with E-state index in [-0.39, 0.29) is 17.0 Å². The summed E-state index contributed by atoms with van der Waals surface area (Å²) in [6.07, 6.45) is 2.92. The van der Waals surface area contributed by atoms with Crippen LogP contribution in [0.5, 0.6) is 5.75 Å².